The number of benzene rings is 1. The fourth-order valence-electron chi connectivity index (χ4n) is 4.08. The van der Waals surface area contributed by atoms with E-state index in [1.54, 1.807) is 0 Å². The summed E-state index contributed by atoms with van der Waals surface area (Å²) in [5.41, 5.74) is 4.15. The van der Waals surface area contributed by atoms with Crippen molar-refractivity contribution in [1.29, 1.82) is 0 Å². The van der Waals surface area contributed by atoms with Gasteiger partial charge in [0.1, 0.15) is 0 Å². The van der Waals surface area contributed by atoms with E-state index in [4.69, 9.17) is 4.84 Å². The Kier molecular flexibility index (Phi) is 2.06. The number of hydroxylamine groups is 2. The largest absolute Gasteiger partial charge is 0.342 e. The highest BCUT2D eigenvalue weighted by Gasteiger charge is 2.53. The lowest BCUT2D eigenvalue weighted by Crippen LogP contribution is -2.29. The van der Waals surface area contributed by atoms with E-state index in [2.05, 4.69) is 61.7 Å². The SMILES string of the molecule is Cc1c2n(c3ccccc13)C[C@H]1[C@H]2N(C)OC1(C)C. The number of aryl methyl sites for hydroxylation is 1. The Labute approximate surface area is 113 Å². The minimum atomic E-state index is -0.0774. The molecule has 3 heterocycles. The maximum atomic E-state index is 6.04. The first kappa shape index (κ1) is 11.5. The average Bonchev–Trinajstić information content (AvgIpc) is 2.94. The molecule has 3 nitrogen and oxygen atoms in total. The summed E-state index contributed by atoms with van der Waals surface area (Å²) in [7, 11) is 2.07. The predicted octanol–water partition coefficient (Wildman–Crippen LogP) is 3.28. The standard InChI is InChI=1S/C16H20N2O/c1-10-11-7-5-6-8-13(11)18-9-12-15(14(10)18)17(4)19-16(12,2)3/h5-8,12,15H,9H2,1-4H3/t12-,15+/m0/s1. The van der Waals surface area contributed by atoms with Crippen LogP contribution in [0.1, 0.15) is 31.1 Å². The van der Waals surface area contributed by atoms with Crippen LogP contribution in [0.3, 0.4) is 0 Å². The quantitative estimate of drug-likeness (QED) is 0.719. The molecule has 1 aromatic heterocycles. The third-order valence-electron chi connectivity index (χ3n) is 4.98. The highest BCUT2D eigenvalue weighted by Crippen LogP contribution is 2.52. The van der Waals surface area contributed by atoms with Crippen LogP contribution in [0.25, 0.3) is 10.9 Å². The Morgan fingerprint density at radius 1 is 1.26 bits per heavy atom. The number of rotatable bonds is 0. The zero-order valence-electron chi connectivity index (χ0n) is 12.0. The van der Waals surface area contributed by atoms with Gasteiger partial charge in [-0.2, -0.15) is 5.06 Å². The number of para-hydroxylation sites is 1. The van der Waals surface area contributed by atoms with Crippen molar-refractivity contribution in [2.24, 2.45) is 5.92 Å². The molecule has 0 bridgehead atoms. The summed E-state index contributed by atoms with van der Waals surface area (Å²) in [4.78, 5) is 6.04. The summed E-state index contributed by atoms with van der Waals surface area (Å²) in [6, 6.07) is 9.12. The molecule has 0 aliphatic carbocycles. The van der Waals surface area contributed by atoms with Crippen LogP contribution in [0.2, 0.25) is 0 Å². The summed E-state index contributed by atoms with van der Waals surface area (Å²) < 4.78 is 2.50. The molecule has 2 aliphatic rings. The fourth-order valence-corrected chi connectivity index (χ4v) is 4.08. The Bertz CT molecular complexity index is 671. The molecule has 2 atom stereocenters. The molecular formula is C16H20N2O. The molecule has 0 N–H and O–H groups in total. The number of nitrogens with zero attached hydrogens (tertiary/aromatic N) is 2. The number of hydrogen-bond acceptors (Lipinski definition) is 2. The summed E-state index contributed by atoms with van der Waals surface area (Å²) in [5, 5.41) is 3.45. The molecule has 0 saturated carbocycles. The topological polar surface area (TPSA) is 17.4 Å². The molecule has 1 aromatic carbocycles. The van der Waals surface area contributed by atoms with Crippen molar-refractivity contribution in [3.63, 3.8) is 0 Å². The zero-order valence-corrected chi connectivity index (χ0v) is 12.0. The van der Waals surface area contributed by atoms with Crippen molar-refractivity contribution in [3.8, 4) is 0 Å². The van der Waals surface area contributed by atoms with Crippen molar-refractivity contribution in [1.82, 2.24) is 9.63 Å². The molecule has 4 rings (SSSR count). The van der Waals surface area contributed by atoms with Crippen LogP contribution in [-0.4, -0.2) is 22.3 Å². The molecule has 2 aliphatic heterocycles. The van der Waals surface area contributed by atoms with Gasteiger partial charge in [0.25, 0.3) is 0 Å². The van der Waals surface area contributed by atoms with Crippen LogP contribution < -0.4 is 0 Å². The molecule has 0 unspecified atom stereocenters. The molecule has 0 radical (unpaired) electrons. The number of hydrogen-bond donors (Lipinski definition) is 0. The maximum absolute atomic E-state index is 6.04. The van der Waals surface area contributed by atoms with Gasteiger partial charge in [-0.15, -0.1) is 0 Å². The molecular weight excluding hydrogens is 236 g/mol. The van der Waals surface area contributed by atoms with E-state index in [9.17, 15) is 0 Å². The molecule has 100 valence electrons. The summed E-state index contributed by atoms with van der Waals surface area (Å²) in [5.74, 6) is 0.538. The van der Waals surface area contributed by atoms with E-state index >= 15 is 0 Å². The monoisotopic (exact) mass is 256 g/mol. The zero-order chi connectivity index (χ0) is 13.4. The normalized spacial score (nSPS) is 28.8. The van der Waals surface area contributed by atoms with Crippen molar-refractivity contribution in [2.45, 2.75) is 39.0 Å². The van der Waals surface area contributed by atoms with Crippen LogP contribution in [-0.2, 0) is 11.4 Å². The van der Waals surface area contributed by atoms with E-state index in [-0.39, 0.29) is 5.60 Å². The molecule has 19 heavy (non-hydrogen) atoms. The van der Waals surface area contributed by atoms with Crippen molar-refractivity contribution < 1.29 is 4.84 Å². The summed E-state index contributed by atoms with van der Waals surface area (Å²) in [6.07, 6.45) is 0. The Morgan fingerprint density at radius 2 is 2.00 bits per heavy atom. The summed E-state index contributed by atoms with van der Waals surface area (Å²) >= 11 is 0. The minimum Gasteiger partial charge on any atom is -0.342 e. The first-order chi connectivity index (χ1) is 9.00. The van der Waals surface area contributed by atoms with E-state index in [1.807, 2.05) is 0 Å². The van der Waals surface area contributed by atoms with Crippen LogP contribution in [0.15, 0.2) is 24.3 Å². The number of fused-ring (bicyclic) bond motifs is 5. The first-order valence-corrected chi connectivity index (χ1v) is 7.00. The summed E-state index contributed by atoms with van der Waals surface area (Å²) in [6.45, 7) is 7.72. The maximum Gasteiger partial charge on any atom is 0.0908 e. The van der Waals surface area contributed by atoms with Crippen LogP contribution >= 0.6 is 0 Å². The molecule has 1 saturated heterocycles. The van der Waals surface area contributed by atoms with Crippen molar-refractivity contribution >= 4 is 10.9 Å². The van der Waals surface area contributed by atoms with Gasteiger partial charge in [-0.1, -0.05) is 18.2 Å². The lowest BCUT2D eigenvalue weighted by Gasteiger charge is -2.23. The van der Waals surface area contributed by atoms with Crippen LogP contribution in [0.5, 0.6) is 0 Å². The molecule has 1 fully saturated rings. The fraction of sp³-hybridized carbons (Fsp3) is 0.500. The smallest absolute Gasteiger partial charge is 0.0908 e. The van der Waals surface area contributed by atoms with Gasteiger partial charge < -0.3 is 4.57 Å². The Morgan fingerprint density at radius 3 is 2.79 bits per heavy atom. The van der Waals surface area contributed by atoms with Crippen LogP contribution in [0, 0.1) is 12.8 Å². The third-order valence-corrected chi connectivity index (χ3v) is 4.98. The Balaban J connectivity index is 1.98. The highest BCUT2D eigenvalue weighted by molar-refractivity contribution is 5.86. The molecule has 2 aromatic rings. The van der Waals surface area contributed by atoms with E-state index < -0.39 is 0 Å². The second-order valence-electron chi connectivity index (χ2n) is 6.43. The minimum absolute atomic E-state index is 0.0774. The van der Waals surface area contributed by atoms with Crippen LogP contribution in [0.4, 0.5) is 0 Å². The second-order valence-corrected chi connectivity index (χ2v) is 6.43. The van der Waals surface area contributed by atoms with E-state index in [1.165, 1.54) is 22.2 Å². The van der Waals surface area contributed by atoms with Gasteiger partial charge >= 0.3 is 0 Å². The second kappa shape index (κ2) is 3.41. The lowest BCUT2D eigenvalue weighted by molar-refractivity contribution is -0.181. The van der Waals surface area contributed by atoms with Gasteiger partial charge in [0.15, 0.2) is 0 Å². The third kappa shape index (κ3) is 1.30. The van der Waals surface area contributed by atoms with Gasteiger partial charge in [0.05, 0.1) is 11.6 Å². The number of aromatic nitrogens is 1. The van der Waals surface area contributed by atoms with Gasteiger partial charge in [-0.05, 0) is 32.4 Å². The highest BCUT2D eigenvalue weighted by atomic mass is 16.7. The van der Waals surface area contributed by atoms with E-state index in [0.29, 0.717) is 12.0 Å². The van der Waals surface area contributed by atoms with Crippen molar-refractivity contribution in [3.05, 3.63) is 35.5 Å². The average molecular weight is 256 g/mol. The first-order valence-electron chi connectivity index (χ1n) is 7.00. The van der Waals surface area contributed by atoms with Gasteiger partial charge in [0.2, 0.25) is 0 Å². The van der Waals surface area contributed by atoms with Crippen molar-refractivity contribution in [2.75, 3.05) is 7.05 Å². The van der Waals surface area contributed by atoms with Gasteiger partial charge in [-0.3, -0.25) is 4.84 Å². The van der Waals surface area contributed by atoms with E-state index in [0.717, 1.165) is 6.54 Å². The lowest BCUT2D eigenvalue weighted by atomic mass is 9.86. The van der Waals surface area contributed by atoms with Gasteiger partial charge in [-0.25, -0.2) is 0 Å². The predicted molar refractivity (Wildman–Crippen MR) is 75.8 cm³/mol. The molecule has 3 heteroatoms. The molecule has 0 amide bonds. The van der Waals surface area contributed by atoms with Gasteiger partial charge in [0, 0.05) is 36.1 Å². The Hall–Kier alpha value is -1.32. The molecule has 0 spiro atoms.